The Morgan fingerprint density at radius 2 is 2.00 bits per heavy atom. The van der Waals surface area contributed by atoms with E-state index in [1.54, 1.807) is 0 Å². The van der Waals surface area contributed by atoms with Crippen LogP contribution in [0.5, 0.6) is 5.75 Å². The van der Waals surface area contributed by atoms with Crippen LogP contribution in [0.1, 0.15) is 36.8 Å². The van der Waals surface area contributed by atoms with Gasteiger partial charge in [0.25, 0.3) is 0 Å². The third-order valence-corrected chi connectivity index (χ3v) is 3.38. The lowest BCUT2D eigenvalue weighted by Crippen LogP contribution is -2.17. The molecule has 1 aromatic heterocycles. The van der Waals surface area contributed by atoms with Gasteiger partial charge in [-0.1, -0.05) is 19.1 Å². The number of hydrogen-bond donors (Lipinski definition) is 1. The zero-order valence-corrected chi connectivity index (χ0v) is 12.7. The smallest absolute Gasteiger partial charge is 0.130 e. The number of aryl methyl sites for hydroxylation is 2. The molecule has 0 fully saturated rings. The van der Waals surface area contributed by atoms with Crippen molar-refractivity contribution in [3.8, 4) is 5.75 Å². The zero-order chi connectivity index (χ0) is 14.5. The Bertz CT molecular complexity index is 545. The molecule has 1 heterocycles. The lowest BCUT2D eigenvalue weighted by atomic mass is 10.1. The third-order valence-electron chi connectivity index (χ3n) is 3.38. The molecule has 0 spiro atoms. The first-order valence-electron chi connectivity index (χ1n) is 7.05. The van der Waals surface area contributed by atoms with Crippen LogP contribution in [0.4, 0.5) is 0 Å². The second-order valence-corrected chi connectivity index (χ2v) is 5.04. The highest BCUT2D eigenvalue weighted by molar-refractivity contribution is 5.29. The van der Waals surface area contributed by atoms with Crippen molar-refractivity contribution in [1.29, 1.82) is 0 Å². The summed E-state index contributed by atoms with van der Waals surface area (Å²) in [5.74, 6) is 0.885. The van der Waals surface area contributed by atoms with Crippen molar-refractivity contribution in [3.05, 3.63) is 47.3 Å². The first kappa shape index (κ1) is 14.6. The molecule has 1 aromatic carbocycles. The van der Waals surface area contributed by atoms with Gasteiger partial charge in [0.15, 0.2) is 0 Å². The van der Waals surface area contributed by atoms with E-state index in [-0.39, 0.29) is 0 Å². The number of aromatic nitrogens is 2. The molecule has 1 atom stereocenters. The first-order valence-corrected chi connectivity index (χ1v) is 7.05. The Morgan fingerprint density at radius 3 is 2.55 bits per heavy atom. The lowest BCUT2D eigenvalue weighted by Gasteiger charge is -2.13. The highest BCUT2D eigenvalue weighted by atomic mass is 16.5. The van der Waals surface area contributed by atoms with E-state index in [1.807, 2.05) is 36.9 Å². The van der Waals surface area contributed by atoms with Gasteiger partial charge in [-0.25, -0.2) is 0 Å². The minimum absolute atomic E-state index is 0.369. The number of nitrogens with zero attached hydrogens (tertiary/aromatic N) is 2. The second-order valence-electron chi connectivity index (χ2n) is 5.04. The van der Waals surface area contributed by atoms with Crippen LogP contribution in [-0.4, -0.2) is 16.3 Å². The Labute approximate surface area is 120 Å². The largest absolute Gasteiger partial charge is 0.487 e. The molecular formula is C16H23N3O. The van der Waals surface area contributed by atoms with Gasteiger partial charge in [-0.05, 0) is 44.2 Å². The molecule has 0 aliphatic rings. The van der Waals surface area contributed by atoms with E-state index in [0.717, 1.165) is 23.7 Å². The quantitative estimate of drug-likeness (QED) is 0.879. The predicted molar refractivity (Wildman–Crippen MR) is 80.8 cm³/mol. The van der Waals surface area contributed by atoms with E-state index in [2.05, 4.69) is 36.4 Å². The third kappa shape index (κ3) is 3.61. The van der Waals surface area contributed by atoms with E-state index in [0.29, 0.717) is 12.6 Å². The molecule has 1 unspecified atom stereocenters. The fourth-order valence-electron chi connectivity index (χ4n) is 2.23. The van der Waals surface area contributed by atoms with Gasteiger partial charge in [0, 0.05) is 13.1 Å². The standard InChI is InChI=1S/C16H23N3O/c1-5-17-13(3)14-6-8-16(9-7-14)20-11-15-10-12(2)18-19(15)4/h6-10,13,17H,5,11H2,1-4H3. The van der Waals surface area contributed by atoms with E-state index >= 15 is 0 Å². The van der Waals surface area contributed by atoms with Crippen LogP contribution in [0.25, 0.3) is 0 Å². The van der Waals surface area contributed by atoms with Crippen molar-refractivity contribution in [2.24, 2.45) is 7.05 Å². The summed E-state index contributed by atoms with van der Waals surface area (Å²) in [6, 6.07) is 10.7. The summed E-state index contributed by atoms with van der Waals surface area (Å²) in [6.45, 7) is 7.78. The number of nitrogens with one attached hydrogen (secondary N) is 1. The topological polar surface area (TPSA) is 39.1 Å². The molecule has 0 saturated carbocycles. The van der Waals surface area contributed by atoms with Crippen molar-refractivity contribution < 1.29 is 4.74 Å². The Balaban J connectivity index is 1.95. The van der Waals surface area contributed by atoms with Crippen molar-refractivity contribution >= 4 is 0 Å². The van der Waals surface area contributed by atoms with Crippen molar-refractivity contribution in [1.82, 2.24) is 15.1 Å². The molecule has 0 saturated heterocycles. The van der Waals surface area contributed by atoms with Gasteiger partial charge in [0.05, 0.1) is 11.4 Å². The Hall–Kier alpha value is -1.81. The normalized spacial score (nSPS) is 12.4. The van der Waals surface area contributed by atoms with Gasteiger partial charge in [0.1, 0.15) is 12.4 Å². The van der Waals surface area contributed by atoms with Crippen LogP contribution in [0.15, 0.2) is 30.3 Å². The summed E-state index contributed by atoms with van der Waals surface area (Å²) in [7, 11) is 1.94. The molecule has 0 aliphatic carbocycles. The van der Waals surface area contributed by atoms with Crippen molar-refractivity contribution in [2.45, 2.75) is 33.4 Å². The molecule has 0 aliphatic heterocycles. The highest BCUT2D eigenvalue weighted by Gasteiger charge is 2.05. The lowest BCUT2D eigenvalue weighted by molar-refractivity contribution is 0.294. The Morgan fingerprint density at radius 1 is 1.30 bits per heavy atom. The van der Waals surface area contributed by atoms with Crippen LogP contribution >= 0.6 is 0 Å². The Kier molecular flexibility index (Phi) is 4.79. The maximum atomic E-state index is 5.80. The monoisotopic (exact) mass is 273 g/mol. The molecule has 2 rings (SSSR count). The zero-order valence-electron chi connectivity index (χ0n) is 12.7. The second kappa shape index (κ2) is 6.57. The molecule has 20 heavy (non-hydrogen) atoms. The van der Waals surface area contributed by atoms with Gasteiger partial charge in [-0.2, -0.15) is 5.10 Å². The van der Waals surface area contributed by atoms with Gasteiger partial charge in [-0.3, -0.25) is 4.68 Å². The SMILES string of the molecule is CCNC(C)c1ccc(OCc2cc(C)nn2C)cc1. The van der Waals surface area contributed by atoms with Gasteiger partial charge in [-0.15, -0.1) is 0 Å². The molecule has 4 heteroatoms. The molecule has 2 aromatic rings. The molecule has 0 radical (unpaired) electrons. The fourth-order valence-corrected chi connectivity index (χ4v) is 2.23. The van der Waals surface area contributed by atoms with E-state index < -0.39 is 0 Å². The van der Waals surface area contributed by atoms with Crippen LogP contribution in [-0.2, 0) is 13.7 Å². The average molecular weight is 273 g/mol. The van der Waals surface area contributed by atoms with Crippen molar-refractivity contribution in [3.63, 3.8) is 0 Å². The predicted octanol–water partition coefficient (Wildman–Crippen LogP) is 2.98. The summed E-state index contributed by atoms with van der Waals surface area (Å²) < 4.78 is 7.66. The van der Waals surface area contributed by atoms with Gasteiger partial charge < -0.3 is 10.1 Å². The van der Waals surface area contributed by atoms with E-state index in [1.165, 1.54) is 5.56 Å². The maximum Gasteiger partial charge on any atom is 0.130 e. The van der Waals surface area contributed by atoms with Crippen LogP contribution in [0, 0.1) is 6.92 Å². The number of ether oxygens (including phenoxy) is 1. The summed E-state index contributed by atoms with van der Waals surface area (Å²) in [4.78, 5) is 0. The fraction of sp³-hybridized carbons (Fsp3) is 0.438. The molecule has 0 amide bonds. The van der Waals surface area contributed by atoms with E-state index in [9.17, 15) is 0 Å². The van der Waals surface area contributed by atoms with Gasteiger partial charge >= 0.3 is 0 Å². The number of hydrogen-bond acceptors (Lipinski definition) is 3. The van der Waals surface area contributed by atoms with Crippen molar-refractivity contribution in [2.75, 3.05) is 6.54 Å². The summed E-state index contributed by atoms with van der Waals surface area (Å²) in [5, 5.41) is 7.71. The van der Waals surface area contributed by atoms with E-state index in [4.69, 9.17) is 4.74 Å². The number of rotatable bonds is 6. The number of benzene rings is 1. The minimum atomic E-state index is 0.369. The molecule has 4 nitrogen and oxygen atoms in total. The summed E-state index contributed by atoms with van der Waals surface area (Å²) in [5.41, 5.74) is 3.36. The maximum absolute atomic E-state index is 5.80. The minimum Gasteiger partial charge on any atom is -0.487 e. The van der Waals surface area contributed by atoms with Crippen LogP contribution < -0.4 is 10.1 Å². The average Bonchev–Trinajstić information content (AvgIpc) is 2.75. The molecule has 108 valence electrons. The first-order chi connectivity index (χ1) is 9.60. The van der Waals surface area contributed by atoms with Crippen LogP contribution in [0.2, 0.25) is 0 Å². The molecular weight excluding hydrogens is 250 g/mol. The summed E-state index contributed by atoms with van der Waals surface area (Å²) >= 11 is 0. The summed E-state index contributed by atoms with van der Waals surface area (Å²) in [6.07, 6.45) is 0. The molecule has 0 bridgehead atoms. The van der Waals surface area contributed by atoms with Gasteiger partial charge in [0.2, 0.25) is 0 Å². The van der Waals surface area contributed by atoms with Crippen LogP contribution in [0.3, 0.4) is 0 Å². The highest BCUT2D eigenvalue weighted by Crippen LogP contribution is 2.18. The molecule has 1 N–H and O–H groups in total.